The highest BCUT2D eigenvalue weighted by molar-refractivity contribution is 6.06. The average Bonchev–Trinajstić information content (AvgIpc) is 3.79. The molecule has 0 saturated carbocycles. The van der Waals surface area contributed by atoms with E-state index in [1.165, 1.54) is 44.3 Å². The van der Waals surface area contributed by atoms with Gasteiger partial charge in [-0.15, -0.1) is 0 Å². The van der Waals surface area contributed by atoms with Crippen molar-refractivity contribution in [2.24, 2.45) is 0 Å². The third kappa shape index (κ3) is 5.03. The predicted molar refractivity (Wildman–Crippen MR) is 239 cm³/mol. The number of aromatic nitrogens is 4. The van der Waals surface area contributed by atoms with Gasteiger partial charge in [0.15, 0.2) is 17.5 Å². The molecule has 0 aliphatic heterocycles. The Morgan fingerprint density at radius 2 is 0.712 bits per heavy atom. The third-order valence-electron chi connectivity index (χ3n) is 12.1. The molecule has 0 radical (unpaired) electrons. The number of rotatable bonds is 5. The van der Waals surface area contributed by atoms with Crippen molar-refractivity contribution in [3.8, 4) is 78.9 Å². The molecule has 59 heavy (non-hydrogen) atoms. The molecular weight excluding hydrogens is 717 g/mol. The van der Waals surface area contributed by atoms with Crippen molar-refractivity contribution in [1.82, 2.24) is 19.9 Å². The zero-order valence-electron chi connectivity index (χ0n) is 31.9. The Bertz CT molecular complexity index is 3160. The lowest BCUT2D eigenvalue weighted by Gasteiger charge is -2.31. The lowest BCUT2D eigenvalue weighted by atomic mass is 9.69. The van der Waals surface area contributed by atoms with E-state index in [1.54, 1.807) is 0 Å². The third-order valence-corrected chi connectivity index (χ3v) is 12.1. The van der Waals surface area contributed by atoms with E-state index in [1.807, 2.05) is 60.7 Å². The second-order valence-electron chi connectivity index (χ2n) is 15.3. The molecule has 2 aliphatic carbocycles. The van der Waals surface area contributed by atoms with Crippen molar-refractivity contribution in [3.63, 3.8) is 0 Å². The van der Waals surface area contributed by atoms with E-state index in [0.29, 0.717) is 17.5 Å². The number of pyridine rings is 1. The van der Waals surface area contributed by atoms with Crippen molar-refractivity contribution in [2.75, 3.05) is 0 Å². The van der Waals surface area contributed by atoms with Gasteiger partial charge in [-0.1, -0.05) is 200 Å². The fourth-order valence-corrected chi connectivity index (χ4v) is 9.60. The molecule has 0 amide bonds. The summed E-state index contributed by atoms with van der Waals surface area (Å²) in [7, 11) is 0. The lowest BCUT2D eigenvalue weighted by Crippen LogP contribution is -2.26. The van der Waals surface area contributed by atoms with Crippen LogP contribution in [0.25, 0.3) is 89.7 Å². The van der Waals surface area contributed by atoms with Gasteiger partial charge in [0.05, 0.1) is 16.8 Å². The molecule has 4 heteroatoms. The van der Waals surface area contributed by atoms with E-state index in [2.05, 4.69) is 146 Å². The molecule has 0 unspecified atom stereocenters. The van der Waals surface area contributed by atoms with Gasteiger partial charge in [-0.3, -0.25) is 0 Å². The highest BCUT2D eigenvalue weighted by Crippen LogP contribution is 2.64. The monoisotopic (exact) mass is 750 g/mol. The van der Waals surface area contributed by atoms with Gasteiger partial charge in [-0.05, 0) is 50.4 Å². The molecule has 2 aliphatic rings. The number of nitrogens with zero attached hydrogens (tertiary/aromatic N) is 4. The van der Waals surface area contributed by atoms with Gasteiger partial charge in [-0.25, -0.2) is 19.9 Å². The fourth-order valence-electron chi connectivity index (χ4n) is 9.60. The van der Waals surface area contributed by atoms with Crippen molar-refractivity contribution >= 4 is 10.8 Å². The Kier molecular flexibility index (Phi) is 7.41. The smallest absolute Gasteiger partial charge is 0.164 e. The van der Waals surface area contributed by atoms with Crippen molar-refractivity contribution in [3.05, 3.63) is 229 Å². The Morgan fingerprint density at radius 3 is 1.32 bits per heavy atom. The summed E-state index contributed by atoms with van der Waals surface area (Å²) in [6, 6.07) is 73.1. The van der Waals surface area contributed by atoms with Gasteiger partial charge in [0.25, 0.3) is 0 Å². The Morgan fingerprint density at radius 1 is 0.271 bits per heavy atom. The number of fused-ring (bicyclic) bond motifs is 12. The Balaban J connectivity index is 0.978. The number of hydrogen-bond acceptors (Lipinski definition) is 4. The van der Waals surface area contributed by atoms with Crippen molar-refractivity contribution in [1.29, 1.82) is 0 Å². The summed E-state index contributed by atoms with van der Waals surface area (Å²) < 4.78 is 0. The van der Waals surface area contributed by atoms with Gasteiger partial charge >= 0.3 is 0 Å². The minimum Gasteiger partial charge on any atom is -0.247 e. The van der Waals surface area contributed by atoms with Crippen LogP contribution in [0.5, 0.6) is 0 Å². The molecule has 0 saturated heterocycles. The van der Waals surface area contributed by atoms with Gasteiger partial charge in [0.1, 0.15) is 0 Å². The molecule has 0 N–H and O–H groups in total. The fraction of sp³-hybridized carbons (Fsp3) is 0.0182. The predicted octanol–water partition coefficient (Wildman–Crippen LogP) is 13.1. The van der Waals surface area contributed by atoms with Crippen LogP contribution >= 0.6 is 0 Å². The summed E-state index contributed by atoms with van der Waals surface area (Å²) >= 11 is 0. The van der Waals surface area contributed by atoms with Crippen LogP contribution in [0, 0.1) is 0 Å². The zero-order valence-corrected chi connectivity index (χ0v) is 31.9. The molecule has 274 valence electrons. The molecule has 1 spiro atoms. The zero-order chi connectivity index (χ0) is 38.9. The van der Waals surface area contributed by atoms with Gasteiger partial charge in [0.2, 0.25) is 0 Å². The van der Waals surface area contributed by atoms with E-state index in [-0.39, 0.29) is 0 Å². The first-order valence-electron chi connectivity index (χ1n) is 20.1. The van der Waals surface area contributed by atoms with E-state index in [0.717, 1.165) is 50.2 Å². The summed E-state index contributed by atoms with van der Waals surface area (Å²) in [4.78, 5) is 20.5. The van der Waals surface area contributed by atoms with E-state index >= 15 is 0 Å². The maximum Gasteiger partial charge on any atom is 0.164 e. The number of benzene rings is 8. The highest BCUT2D eigenvalue weighted by atomic mass is 15.0. The molecule has 0 atom stereocenters. The Labute approximate surface area is 342 Å². The minimum absolute atomic E-state index is 0.457. The summed E-state index contributed by atoms with van der Waals surface area (Å²) in [5.74, 6) is 1.93. The quantitative estimate of drug-likeness (QED) is 0.176. The van der Waals surface area contributed by atoms with E-state index in [9.17, 15) is 0 Å². The van der Waals surface area contributed by atoms with E-state index in [4.69, 9.17) is 19.9 Å². The second kappa shape index (κ2) is 13.1. The molecule has 12 rings (SSSR count). The highest BCUT2D eigenvalue weighted by Gasteiger charge is 2.53. The Hall–Kier alpha value is -7.82. The minimum atomic E-state index is -0.457. The molecule has 0 bridgehead atoms. The summed E-state index contributed by atoms with van der Waals surface area (Å²) in [6.07, 6.45) is 0. The first kappa shape index (κ1) is 33.3. The lowest BCUT2D eigenvalue weighted by molar-refractivity contribution is 0.799. The van der Waals surface area contributed by atoms with Crippen molar-refractivity contribution < 1.29 is 0 Å². The first-order chi connectivity index (χ1) is 29.3. The van der Waals surface area contributed by atoms with Crippen LogP contribution in [-0.2, 0) is 5.41 Å². The first-order valence-corrected chi connectivity index (χ1v) is 20.1. The summed E-state index contributed by atoms with van der Waals surface area (Å²) in [5.41, 5.74) is 16.7. The van der Waals surface area contributed by atoms with Crippen LogP contribution < -0.4 is 0 Å². The molecule has 10 aromatic rings. The van der Waals surface area contributed by atoms with Crippen LogP contribution in [0.1, 0.15) is 22.3 Å². The van der Waals surface area contributed by atoms with Crippen LogP contribution in [0.2, 0.25) is 0 Å². The number of hydrogen-bond donors (Lipinski definition) is 0. The van der Waals surface area contributed by atoms with Gasteiger partial charge < -0.3 is 0 Å². The largest absolute Gasteiger partial charge is 0.247 e. The van der Waals surface area contributed by atoms with Crippen LogP contribution in [0.15, 0.2) is 206 Å². The normalized spacial score (nSPS) is 12.9. The van der Waals surface area contributed by atoms with Gasteiger partial charge in [-0.2, -0.15) is 0 Å². The van der Waals surface area contributed by atoms with Crippen LogP contribution in [0.4, 0.5) is 0 Å². The van der Waals surface area contributed by atoms with Crippen LogP contribution in [-0.4, -0.2) is 19.9 Å². The summed E-state index contributed by atoms with van der Waals surface area (Å²) in [6.45, 7) is 0. The van der Waals surface area contributed by atoms with E-state index < -0.39 is 5.41 Å². The SMILES string of the molecule is c1ccc(-c2nc(-c3ccccc3)nc(-c3cccc(-c4ccc(-c5nc6c(c7ccccc57)C5(c7ccccc7-c7ccccc75)c5ccccc5-6)cc4)c3)n2)cc1. The maximum atomic E-state index is 5.66. The molecule has 4 nitrogen and oxygen atoms in total. The maximum absolute atomic E-state index is 5.66. The molecule has 0 fully saturated rings. The van der Waals surface area contributed by atoms with Crippen LogP contribution in [0.3, 0.4) is 0 Å². The standard InChI is InChI=1S/C55H34N4/c1-3-16-37(17-4-1)52-57-53(38-18-5-2-6-19-38)59-54(58-52)40-21-15-20-39(34-40)35-30-32-36(33-31-35)50-44-25-8-7-24-43(44)49-51(56-50)45-26-11-14-29-48(45)55(49)46-27-12-9-22-41(46)42-23-10-13-28-47(42)55/h1-34H. The van der Waals surface area contributed by atoms with Crippen molar-refractivity contribution in [2.45, 2.75) is 5.41 Å². The second-order valence-corrected chi connectivity index (χ2v) is 15.3. The molecule has 2 heterocycles. The summed E-state index contributed by atoms with van der Waals surface area (Å²) in [5, 5.41) is 2.38. The molecule has 8 aromatic carbocycles. The average molecular weight is 751 g/mol. The molecule has 2 aromatic heterocycles. The molecular formula is C55H34N4. The van der Waals surface area contributed by atoms with Gasteiger partial charge in [0, 0.05) is 38.8 Å². The topological polar surface area (TPSA) is 51.6 Å².